The highest BCUT2D eigenvalue weighted by molar-refractivity contribution is 5.77. The van der Waals surface area contributed by atoms with Crippen molar-refractivity contribution in [2.75, 3.05) is 11.4 Å². The molecule has 0 aliphatic rings. The molecule has 0 fully saturated rings. The van der Waals surface area contributed by atoms with Crippen LogP contribution in [0.4, 0.5) is 5.69 Å². The van der Waals surface area contributed by atoms with Gasteiger partial charge < -0.3 is 10.6 Å². The third kappa shape index (κ3) is 4.30. The molecule has 21 heavy (non-hydrogen) atoms. The fourth-order valence-corrected chi connectivity index (χ4v) is 2.17. The number of nitrogens with one attached hydrogen (secondary N) is 1. The second-order valence-electron chi connectivity index (χ2n) is 4.93. The van der Waals surface area contributed by atoms with Crippen molar-refractivity contribution in [2.24, 2.45) is 5.73 Å². The quantitative estimate of drug-likeness (QED) is 0.574. The van der Waals surface area contributed by atoms with Gasteiger partial charge in [0.25, 0.3) is 0 Å². The van der Waals surface area contributed by atoms with E-state index in [2.05, 4.69) is 34.0 Å². The van der Waals surface area contributed by atoms with Gasteiger partial charge in [0.05, 0.1) is 12.4 Å². The van der Waals surface area contributed by atoms with E-state index < -0.39 is 0 Å². The lowest BCUT2D eigenvalue weighted by molar-refractivity contribution is 0.561. The normalized spacial score (nSPS) is 10.5. The van der Waals surface area contributed by atoms with E-state index >= 15 is 0 Å². The highest BCUT2D eigenvalue weighted by Crippen LogP contribution is 2.16. The summed E-state index contributed by atoms with van der Waals surface area (Å²) in [6, 6.07) is 10.1. The number of hydrogen-bond acceptors (Lipinski definition) is 4. The first-order valence-electron chi connectivity index (χ1n) is 7.20. The Morgan fingerprint density at radius 1 is 1.33 bits per heavy atom. The van der Waals surface area contributed by atoms with Gasteiger partial charge in [0.1, 0.15) is 12.2 Å². The van der Waals surface area contributed by atoms with Gasteiger partial charge in [0, 0.05) is 25.2 Å². The van der Waals surface area contributed by atoms with Gasteiger partial charge in [-0.05, 0) is 18.6 Å². The van der Waals surface area contributed by atoms with Crippen molar-refractivity contribution >= 4 is 11.5 Å². The molecule has 0 aliphatic heterocycles. The molecule has 1 aromatic heterocycles. The van der Waals surface area contributed by atoms with Gasteiger partial charge in [-0.15, -0.1) is 0 Å². The summed E-state index contributed by atoms with van der Waals surface area (Å²) in [5.41, 5.74) is 6.59. The molecule has 0 unspecified atom stereocenters. The van der Waals surface area contributed by atoms with E-state index in [0.717, 1.165) is 24.5 Å². The zero-order valence-corrected chi connectivity index (χ0v) is 12.4. The standard InChI is InChI=1S/C15H22N6/c1-2-9-21-15(18-12-19-21)11-20(10-8-14(16)17)13-6-4-3-5-7-13/h3-7,12H,2,8-11H2,1H3,(H3,16,17). The Hall–Kier alpha value is -2.37. The molecule has 0 amide bonds. The van der Waals surface area contributed by atoms with Crippen LogP contribution in [0.1, 0.15) is 25.6 Å². The zero-order valence-electron chi connectivity index (χ0n) is 12.4. The maximum Gasteiger partial charge on any atom is 0.146 e. The highest BCUT2D eigenvalue weighted by atomic mass is 15.3. The first-order valence-corrected chi connectivity index (χ1v) is 7.20. The van der Waals surface area contributed by atoms with Crippen molar-refractivity contribution in [3.8, 4) is 0 Å². The SMILES string of the molecule is CCCn1ncnc1CN(CCC(=N)N)c1ccccc1. The van der Waals surface area contributed by atoms with Crippen molar-refractivity contribution in [3.63, 3.8) is 0 Å². The molecule has 3 N–H and O–H groups in total. The Bertz CT molecular complexity index is 563. The van der Waals surface area contributed by atoms with E-state index in [0.29, 0.717) is 19.5 Å². The molecule has 0 aliphatic carbocycles. The Balaban J connectivity index is 2.15. The molecular formula is C15H22N6. The summed E-state index contributed by atoms with van der Waals surface area (Å²) < 4.78 is 1.93. The van der Waals surface area contributed by atoms with Crippen LogP contribution in [0.3, 0.4) is 0 Å². The number of amidine groups is 1. The van der Waals surface area contributed by atoms with E-state index in [4.69, 9.17) is 11.1 Å². The van der Waals surface area contributed by atoms with Crippen LogP contribution in [0.25, 0.3) is 0 Å². The Kier molecular flexibility index (Phi) is 5.31. The fourth-order valence-electron chi connectivity index (χ4n) is 2.17. The number of para-hydroxylation sites is 1. The smallest absolute Gasteiger partial charge is 0.146 e. The number of hydrogen-bond donors (Lipinski definition) is 2. The lowest BCUT2D eigenvalue weighted by Crippen LogP contribution is -2.29. The number of anilines is 1. The monoisotopic (exact) mass is 286 g/mol. The number of nitrogens with zero attached hydrogens (tertiary/aromatic N) is 4. The number of aromatic nitrogens is 3. The third-order valence-electron chi connectivity index (χ3n) is 3.24. The summed E-state index contributed by atoms with van der Waals surface area (Å²) in [6.45, 7) is 4.34. The fraction of sp³-hybridized carbons (Fsp3) is 0.400. The summed E-state index contributed by atoms with van der Waals surface area (Å²) in [6.07, 6.45) is 3.16. The summed E-state index contributed by atoms with van der Waals surface area (Å²) in [7, 11) is 0. The molecule has 112 valence electrons. The first kappa shape index (κ1) is 15.0. The first-order chi connectivity index (χ1) is 10.2. The number of benzene rings is 1. The average Bonchev–Trinajstić information content (AvgIpc) is 2.92. The maximum atomic E-state index is 7.43. The van der Waals surface area contributed by atoms with Crippen molar-refractivity contribution in [1.82, 2.24) is 14.8 Å². The van der Waals surface area contributed by atoms with Crippen molar-refractivity contribution in [1.29, 1.82) is 5.41 Å². The number of nitrogens with two attached hydrogens (primary N) is 1. The summed E-state index contributed by atoms with van der Waals surface area (Å²) in [5.74, 6) is 1.13. The van der Waals surface area contributed by atoms with E-state index in [1.807, 2.05) is 22.9 Å². The van der Waals surface area contributed by atoms with E-state index in [1.54, 1.807) is 6.33 Å². The minimum absolute atomic E-state index is 0.200. The second kappa shape index (κ2) is 7.42. The van der Waals surface area contributed by atoms with Crippen LogP contribution < -0.4 is 10.6 Å². The van der Waals surface area contributed by atoms with E-state index in [9.17, 15) is 0 Å². The highest BCUT2D eigenvalue weighted by Gasteiger charge is 2.12. The second-order valence-corrected chi connectivity index (χ2v) is 4.93. The van der Waals surface area contributed by atoms with Gasteiger partial charge >= 0.3 is 0 Å². The van der Waals surface area contributed by atoms with Gasteiger partial charge in [-0.2, -0.15) is 5.10 Å². The molecule has 6 nitrogen and oxygen atoms in total. The molecule has 0 atom stereocenters. The largest absolute Gasteiger partial charge is 0.388 e. The molecule has 0 saturated heterocycles. The molecule has 0 bridgehead atoms. The summed E-state index contributed by atoms with van der Waals surface area (Å²) in [5, 5.41) is 11.7. The van der Waals surface area contributed by atoms with Gasteiger partial charge in [0.2, 0.25) is 0 Å². The van der Waals surface area contributed by atoms with Crippen LogP contribution in [0.5, 0.6) is 0 Å². The molecule has 1 heterocycles. The Morgan fingerprint density at radius 2 is 2.10 bits per heavy atom. The zero-order chi connectivity index (χ0) is 15.1. The van der Waals surface area contributed by atoms with Crippen LogP contribution in [-0.4, -0.2) is 27.1 Å². The van der Waals surface area contributed by atoms with Crippen LogP contribution in [-0.2, 0) is 13.1 Å². The summed E-state index contributed by atoms with van der Waals surface area (Å²) in [4.78, 5) is 6.53. The molecule has 1 aromatic carbocycles. The Morgan fingerprint density at radius 3 is 2.76 bits per heavy atom. The molecular weight excluding hydrogens is 264 g/mol. The number of rotatable bonds is 8. The lowest BCUT2D eigenvalue weighted by atomic mass is 10.2. The maximum absolute atomic E-state index is 7.43. The minimum atomic E-state index is 0.200. The molecule has 0 saturated carbocycles. The lowest BCUT2D eigenvalue weighted by Gasteiger charge is -2.24. The van der Waals surface area contributed by atoms with Gasteiger partial charge in [-0.1, -0.05) is 25.1 Å². The van der Waals surface area contributed by atoms with Crippen molar-refractivity contribution < 1.29 is 0 Å². The van der Waals surface area contributed by atoms with E-state index in [-0.39, 0.29) is 5.84 Å². The van der Waals surface area contributed by atoms with Crippen LogP contribution >= 0.6 is 0 Å². The van der Waals surface area contributed by atoms with Crippen LogP contribution in [0.2, 0.25) is 0 Å². The number of aryl methyl sites for hydroxylation is 1. The average molecular weight is 286 g/mol. The predicted molar refractivity (Wildman–Crippen MR) is 84.3 cm³/mol. The Labute approximate surface area is 125 Å². The van der Waals surface area contributed by atoms with Gasteiger partial charge in [0.15, 0.2) is 0 Å². The van der Waals surface area contributed by atoms with Crippen molar-refractivity contribution in [2.45, 2.75) is 32.9 Å². The van der Waals surface area contributed by atoms with Gasteiger partial charge in [-0.25, -0.2) is 9.67 Å². The molecule has 2 rings (SSSR count). The third-order valence-corrected chi connectivity index (χ3v) is 3.24. The summed E-state index contributed by atoms with van der Waals surface area (Å²) >= 11 is 0. The van der Waals surface area contributed by atoms with Crippen LogP contribution in [0.15, 0.2) is 36.7 Å². The molecule has 0 spiro atoms. The van der Waals surface area contributed by atoms with Crippen LogP contribution in [0, 0.1) is 5.41 Å². The predicted octanol–water partition coefficient (Wildman–Crippen LogP) is 2.02. The van der Waals surface area contributed by atoms with E-state index in [1.165, 1.54) is 0 Å². The molecule has 6 heteroatoms. The minimum Gasteiger partial charge on any atom is -0.388 e. The molecule has 0 radical (unpaired) electrons. The molecule has 2 aromatic rings. The van der Waals surface area contributed by atoms with Crippen molar-refractivity contribution in [3.05, 3.63) is 42.5 Å². The van der Waals surface area contributed by atoms with Gasteiger partial charge in [-0.3, -0.25) is 5.41 Å². The topological polar surface area (TPSA) is 83.8 Å².